The van der Waals surface area contributed by atoms with Crippen LogP contribution in [0.1, 0.15) is 396 Å². The molecule has 9 aromatic rings. The van der Waals surface area contributed by atoms with Crippen LogP contribution in [0.5, 0.6) is 5.75 Å². The number of rotatable bonds is 0. The van der Waals surface area contributed by atoms with Gasteiger partial charge in [-0.25, -0.2) is 9.97 Å². The summed E-state index contributed by atoms with van der Waals surface area (Å²) in [7, 11) is 0. The molecule has 0 saturated heterocycles. The van der Waals surface area contributed by atoms with Crippen molar-refractivity contribution in [3.8, 4) is 5.75 Å². The normalized spacial score (nSPS) is 17.2. The van der Waals surface area contributed by atoms with Crippen LogP contribution < -0.4 is 4.74 Å². The molecule has 3 aromatic heterocycles. The summed E-state index contributed by atoms with van der Waals surface area (Å²) in [6, 6.07) is 35.4. The van der Waals surface area contributed by atoms with Gasteiger partial charge in [-0.1, -0.05) is 270 Å². The second kappa shape index (κ2) is 36.9. The molecule has 9 aliphatic rings. The Kier molecular flexibility index (Phi) is 28.9. The largest absolute Gasteiger partial charge is 0.493 e. The number of aryl methyl sites for hydroxylation is 10. The van der Waals surface area contributed by atoms with Crippen molar-refractivity contribution in [2.75, 3.05) is 6.61 Å². The highest BCUT2D eigenvalue weighted by molar-refractivity contribution is 7.12. The molecular formula is C110H150ClF3N4OS. The molecule has 6 aromatic carbocycles. The Labute approximate surface area is 733 Å². The molecule has 10 heteroatoms. The van der Waals surface area contributed by atoms with Crippen molar-refractivity contribution < 1.29 is 17.9 Å². The monoisotopic (exact) mass is 1670 g/mol. The SMILES string of the molecule is CC(C)(C)c1cc2c(c3ccccc13)CCCC2.CC(C)(C)c1cc2c(cc1C(F)(F)F)CCCC2.CC(C)(C)c1cc2c(s1)CCCC2.CC(C)(C)c1ccc(Cl)c2c1OCCC2.CC(C)(C)c1ccc2c(c1)C(C)(C)CC2.CC(C)(C)c1ccc2c(c1)C1(CC2)CC1.CC(C)(C)c1ncnc2c1CCC2.CC(C)(C)c1nncc2c1CCC2. The number of halogens is 4. The van der Waals surface area contributed by atoms with E-state index in [0.717, 1.165) is 73.5 Å². The summed E-state index contributed by atoms with van der Waals surface area (Å²) in [5.74, 6) is 1.03. The molecule has 0 bridgehead atoms. The Morgan fingerprint density at radius 2 is 0.883 bits per heavy atom. The average molecular weight is 1670 g/mol. The molecule has 8 aliphatic carbocycles. The van der Waals surface area contributed by atoms with Crippen molar-refractivity contribution in [1.82, 2.24) is 20.2 Å². The molecule has 4 heterocycles. The minimum atomic E-state index is -4.25. The van der Waals surface area contributed by atoms with Gasteiger partial charge in [0.15, 0.2) is 0 Å². The number of hydrogen-bond donors (Lipinski definition) is 0. The molecule has 1 aliphatic heterocycles. The number of hydrogen-bond acceptors (Lipinski definition) is 6. The Bertz CT molecular complexity index is 4840. The molecule has 1 fully saturated rings. The molecule has 5 nitrogen and oxygen atoms in total. The topological polar surface area (TPSA) is 60.8 Å². The quantitative estimate of drug-likeness (QED) is 0.151. The first-order chi connectivity index (χ1) is 55.8. The van der Waals surface area contributed by atoms with Gasteiger partial charge in [0.25, 0.3) is 0 Å². The van der Waals surface area contributed by atoms with E-state index >= 15 is 0 Å². The van der Waals surface area contributed by atoms with Gasteiger partial charge in [-0.3, -0.25) is 0 Å². The number of alkyl halides is 3. The van der Waals surface area contributed by atoms with Crippen LogP contribution in [0, 0.1) is 0 Å². The predicted molar refractivity (Wildman–Crippen MR) is 506 cm³/mol. The highest BCUT2D eigenvalue weighted by atomic mass is 35.5. The van der Waals surface area contributed by atoms with E-state index in [1.165, 1.54) is 200 Å². The lowest BCUT2D eigenvalue weighted by Crippen LogP contribution is -2.21. The van der Waals surface area contributed by atoms with Crippen molar-refractivity contribution in [2.45, 2.75) is 407 Å². The third kappa shape index (κ3) is 23.1. The van der Waals surface area contributed by atoms with E-state index in [0.29, 0.717) is 27.2 Å². The minimum Gasteiger partial charge on any atom is -0.493 e. The summed E-state index contributed by atoms with van der Waals surface area (Å²) < 4.78 is 45.2. The zero-order valence-electron chi connectivity index (χ0n) is 79.1. The van der Waals surface area contributed by atoms with Crippen LogP contribution in [-0.2, 0) is 144 Å². The number of nitrogens with zero attached hydrogens (tertiary/aromatic N) is 4. The number of fused-ring (bicyclic) bond motifs is 11. The van der Waals surface area contributed by atoms with Crippen molar-refractivity contribution in [2.24, 2.45) is 0 Å². The van der Waals surface area contributed by atoms with Gasteiger partial charge in [-0.15, -0.1) is 11.3 Å². The van der Waals surface area contributed by atoms with Crippen molar-refractivity contribution in [3.05, 3.63) is 247 Å². The van der Waals surface area contributed by atoms with Gasteiger partial charge in [-0.05, 0) is 334 Å². The van der Waals surface area contributed by atoms with Gasteiger partial charge in [0.05, 0.1) is 29.8 Å². The fourth-order valence-corrected chi connectivity index (χ4v) is 20.7. The molecular weight excluding hydrogens is 1520 g/mol. The molecule has 1 spiro atoms. The summed E-state index contributed by atoms with van der Waals surface area (Å²) in [6.07, 6.45) is 31.3. The maximum absolute atomic E-state index is 13.1. The van der Waals surface area contributed by atoms with E-state index < -0.39 is 17.2 Å². The first kappa shape index (κ1) is 94.0. The lowest BCUT2D eigenvalue weighted by molar-refractivity contribution is -0.138. The highest BCUT2D eigenvalue weighted by Crippen LogP contribution is 2.57. The molecule has 0 unspecified atom stereocenters. The van der Waals surface area contributed by atoms with Crippen LogP contribution in [0.2, 0.25) is 5.02 Å². The zero-order chi connectivity index (χ0) is 87.7. The smallest absolute Gasteiger partial charge is 0.416 e. The predicted octanol–water partition coefficient (Wildman–Crippen LogP) is 30.5. The second-order valence-electron chi connectivity index (χ2n) is 45.3. The van der Waals surface area contributed by atoms with Crippen LogP contribution in [0.4, 0.5) is 13.2 Å². The molecule has 120 heavy (non-hydrogen) atoms. The molecule has 18 rings (SSSR count). The second-order valence-corrected chi connectivity index (χ2v) is 46.8. The maximum Gasteiger partial charge on any atom is 0.416 e. The van der Waals surface area contributed by atoms with Gasteiger partial charge in [-0.2, -0.15) is 23.4 Å². The Morgan fingerprint density at radius 3 is 1.46 bits per heavy atom. The minimum absolute atomic E-state index is 0.117. The standard InChI is InChI=1S/C18H22.C15H19F3.C15H20.C15H22.C13H17ClO.C12H18S.2C11H16N2/c1-18(2,3)17-12-13-8-4-5-9-14(13)15-10-6-7-11-16(15)17;1-14(2,3)12-8-10-6-4-5-7-11(10)9-13(12)15(16,17)18;1-14(2,3)12-5-4-11-6-7-15(8-9-15)13(11)10-12;1-14(2,3)12-7-6-11-8-9-15(4,5)13(11)10-12;1-13(2,3)10-6-7-11(14)9-5-4-8-15-12(9)10;1-12(2,3)11-8-9-6-4-5-7-10(9)13-11;1-11(2,3)10-8-5-4-6-9(8)12-7-13-10;1-11(2,3)10-9-6-4-5-8(9)7-12-13-10/h6-7,10-12H,4-5,8-9H2,1-3H3;8-9H,4-7H2,1-3H3;4-5,10H,6-9H2,1-3H3;6-7,10H,8-9H2,1-5H3;6-7H,4-5,8H2,1-3H3;8H,4-7H2,1-3H3;2*7H,4-6H2,1-3H3. The van der Waals surface area contributed by atoms with Crippen LogP contribution >= 0.6 is 22.9 Å². The van der Waals surface area contributed by atoms with Crippen LogP contribution in [0.3, 0.4) is 0 Å². The van der Waals surface area contributed by atoms with E-state index in [9.17, 15) is 13.2 Å². The van der Waals surface area contributed by atoms with E-state index in [4.69, 9.17) is 16.3 Å². The summed E-state index contributed by atoms with van der Waals surface area (Å²) in [4.78, 5) is 12.0. The molecule has 0 atom stereocenters. The summed E-state index contributed by atoms with van der Waals surface area (Å²) in [6.45, 7) is 58.6. The fourth-order valence-electron chi connectivity index (χ4n) is 19.2. The summed E-state index contributed by atoms with van der Waals surface area (Å²) in [5, 5.41) is 12.2. The third-order valence-electron chi connectivity index (χ3n) is 26.6. The van der Waals surface area contributed by atoms with E-state index in [-0.39, 0.29) is 27.1 Å². The first-order valence-electron chi connectivity index (χ1n) is 46.1. The average Bonchev–Trinajstić information content (AvgIpc) is 1.58. The van der Waals surface area contributed by atoms with Gasteiger partial charge in [0, 0.05) is 36.9 Å². The van der Waals surface area contributed by atoms with Crippen LogP contribution in [0.25, 0.3) is 10.8 Å². The highest BCUT2D eigenvalue weighted by Gasteiger charge is 2.49. The molecule has 0 N–H and O–H groups in total. The Balaban J connectivity index is 0.000000135. The fraction of sp³-hybridized carbons (Fsp3) is 0.582. The summed E-state index contributed by atoms with van der Waals surface area (Å²) >= 11 is 8.23. The van der Waals surface area contributed by atoms with Crippen molar-refractivity contribution in [3.63, 3.8) is 0 Å². The van der Waals surface area contributed by atoms with Gasteiger partial charge in [0.2, 0.25) is 0 Å². The molecule has 0 amide bonds. The molecule has 650 valence electrons. The van der Waals surface area contributed by atoms with Crippen molar-refractivity contribution >= 4 is 33.7 Å². The number of ether oxygens (including phenoxy) is 1. The van der Waals surface area contributed by atoms with Crippen LogP contribution in [-0.4, -0.2) is 26.8 Å². The third-order valence-corrected chi connectivity index (χ3v) is 28.6. The van der Waals surface area contributed by atoms with Gasteiger partial charge in [0.1, 0.15) is 12.1 Å². The Morgan fingerprint density at radius 1 is 0.375 bits per heavy atom. The number of benzene rings is 6. The van der Waals surface area contributed by atoms with Crippen molar-refractivity contribution in [1.29, 1.82) is 0 Å². The van der Waals surface area contributed by atoms with E-state index in [2.05, 4.69) is 258 Å². The maximum atomic E-state index is 13.1. The number of thiophene rings is 1. The number of aromatic nitrogens is 4. The van der Waals surface area contributed by atoms with Crippen LogP contribution in [0.15, 0.2) is 110 Å². The van der Waals surface area contributed by atoms with E-state index in [1.807, 2.05) is 44.4 Å². The molecule has 1 saturated carbocycles. The zero-order valence-corrected chi connectivity index (χ0v) is 80.7. The lowest BCUT2D eigenvalue weighted by atomic mass is 9.78. The molecule has 0 radical (unpaired) electrons. The first-order valence-corrected chi connectivity index (χ1v) is 47.3. The Hall–Kier alpha value is -6.68. The van der Waals surface area contributed by atoms with Gasteiger partial charge >= 0.3 is 6.18 Å². The van der Waals surface area contributed by atoms with Gasteiger partial charge < -0.3 is 4.74 Å². The van der Waals surface area contributed by atoms with E-state index in [1.54, 1.807) is 61.1 Å². The summed E-state index contributed by atoms with van der Waals surface area (Å²) in [5.41, 5.74) is 30.4. The lowest BCUT2D eigenvalue weighted by Gasteiger charge is -2.28.